The van der Waals surface area contributed by atoms with Crippen molar-refractivity contribution in [2.24, 2.45) is 0 Å². The van der Waals surface area contributed by atoms with Gasteiger partial charge in [-0.3, -0.25) is 0 Å². The van der Waals surface area contributed by atoms with Crippen LogP contribution in [0.5, 0.6) is 5.88 Å². The van der Waals surface area contributed by atoms with E-state index in [1.165, 1.54) is 5.19 Å². The van der Waals surface area contributed by atoms with Crippen LogP contribution < -0.4 is 9.92 Å². The van der Waals surface area contributed by atoms with Crippen LogP contribution in [0.3, 0.4) is 0 Å². The molecule has 1 aromatic heterocycles. The van der Waals surface area contributed by atoms with Gasteiger partial charge < -0.3 is 4.74 Å². The van der Waals surface area contributed by atoms with E-state index in [0.717, 1.165) is 11.4 Å². The molecule has 1 heterocycles. The molecule has 0 radical (unpaired) electrons. The van der Waals surface area contributed by atoms with E-state index >= 15 is 0 Å². The predicted molar refractivity (Wildman–Crippen MR) is 63.1 cm³/mol. The number of hydrogen-bond acceptors (Lipinski definition) is 2. The molecule has 0 bridgehead atoms. The highest BCUT2D eigenvalue weighted by atomic mass is 28.3. The van der Waals surface area contributed by atoms with Crippen LogP contribution in [-0.4, -0.2) is 19.7 Å². The third kappa shape index (κ3) is 2.58. The molecule has 0 saturated carbocycles. The SMILES string of the molecule is CCOc1ncc([Si](C)(C)C)cc1C. The molecule has 0 saturated heterocycles. The van der Waals surface area contributed by atoms with E-state index in [2.05, 4.69) is 37.6 Å². The lowest BCUT2D eigenvalue weighted by molar-refractivity contribution is 0.324. The van der Waals surface area contributed by atoms with Gasteiger partial charge in [0, 0.05) is 11.8 Å². The average molecular weight is 209 g/mol. The van der Waals surface area contributed by atoms with Crippen LogP contribution in [0.2, 0.25) is 19.6 Å². The molecule has 0 N–H and O–H groups in total. The van der Waals surface area contributed by atoms with Crippen molar-refractivity contribution in [3.05, 3.63) is 17.8 Å². The number of aryl methyl sites for hydroxylation is 1. The summed E-state index contributed by atoms with van der Waals surface area (Å²) in [5, 5.41) is 1.39. The topological polar surface area (TPSA) is 22.1 Å². The van der Waals surface area contributed by atoms with Gasteiger partial charge in [-0.2, -0.15) is 0 Å². The van der Waals surface area contributed by atoms with Gasteiger partial charge in [-0.15, -0.1) is 0 Å². The van der Waals surface area contributed by atoms with Gasteiger partial charge >= 0.3 is 0 Å². The van der Waals surface area contributed by atoms with Crippen molar-refractivity contribution in [3.63, 3.8) is 0 Å². The van der Waals surface area contributed by atoms with Crippen molar-refractivity contribution >= 4 is 13.3 Å². The van der Waals surface area contributed by atoms with Crippen molar-refractivity contribution in [1.82, 2.24) is 4.98 Å². The first-order valence-electron chi connectivity index (χ1n) is 5.05. The fraction of sp³-hybridized carbons (Fsp3) is 0.545. The Morgan fingerprint density at radius 3 is 2.43 bits per heavy atom. The summed E-state index contributed by atoms with van der Waals surface area (Å²) in [6, 6.07) is 2.21. The van der Waals surface area contributed by atoms with E-state index in [1.54, 1.807) is 0 Å². The Labute approximate surface area is 87.3 Å². The maximum absolute atomic E-state index is 5.41. The number of hydrogen-bond donors (Lipinski definition) is 0. The highest BCUT2D eigenvalue weighted by Crippen LogP contribution is 2.13. The third-order valence-corrected chi connectivity index (χ3v) is 4.18. The monoisotopic (exact) mass is 209 g/mol. The molecule has 0 amide bonds. The van der Waals surface area contributed by atoms with Crippen LogP contribution >= 0.6 is 0 Å². The Hall–Kier alpha value is -0.833. The first-order valence-corrected chi connectivity index (χ1v) is 8.55. The smallest absolute Gasteiger partial charge is 0.216 e. The second-order valence-corrected chi connectivity index (χ2v) is 9.61. The summed E-state index contributed by atoms with van der Waals surface area (Å²) in [6.07, 6.45) is 1.96. The first-order chi connectivity index (χ1) is 6.45. The van der Waals surface area contributed by atoms with Gasteiger partial charge in [-0.05, 0) is 19.0 Å². The minimum Gasteiger partial charge on any atom is -0.478 e. The molecule has 14 heavy (non-hydrogen) atoms. The van der Waals surface area contributed by atoms with Gasteiger partial charge in [0.15, 0.2) is 0 Å². The van der Waals surface area contributed by atoms with Crippen molar-refractivity contribution in [2.45, 2.75) is 33.5 Å². The molecule has 78 valence electrons. The molecule has 0 aliphatic rings. The van der Waals surface area contributed by atoms with E-state index in [0.29, 0.717) is 6.61 Å². The summed E-state index contributed by atoms with van der Waals surface area (Å²) < 4.78 is 5.41. The number of nitrogens with zero attached hydrogens (tertiary/aromatic N) is 1. The Kier molecular flexibility index (Phi) is 3.32. The highest BCUT2D eigenvalue weighted by molar-refractivity contribution is 6.88. The minimum atomic E-state index is -1.23. The largest absolute Gasteiger partial charge is 0.478 e. The quantitative estimate of drug-likeness (QED) is 0.713. The maximum atomic E-state index is 5.41. The van der Waals surface area contributed by atoms with Crippen molar-refractivity contribution < 1.29 is 4.74 Å². The molecule has 0 aliphatic carbocycles. The summed E-state index contributed by atoms with van der Waals surface area (Å²) in [7, 11) is -1.23. The number of pyridine rings is 1. The maximum Gasteiger partial charge on any atom is 0.216 e. The van der Waals surface area contributed by atoms with E-state index in [-0.39, 0.29) is 0 Å². The van der Waals surface area contributed by atoms with E-state index < -0.39 is 8.07 Å². The molecule has 0 aromatic carbocycles. The number of aromatic nitrogens is 1. The molecular weight excluding hydrogens is 190 g/mol. The Balaban J connectivity index is 3.01. The summed E-state index contributed by atoms with van der Waals surface area (Å²) in [4.78, 5) is 4.35. The average Bonchev–Trinajstić information content (AvgIpc) is 2.07. The normalized spacial score (nSPS) is 11.5. The molecule has 1 rings (SSSR count). The minimum absolute atomic E-state index is 0.681. The zero-order valence-electron chi connectivity index (χ0n) is 9.72. The lowest BCUT2D eigenvalue weighted by Crippen LogP contribution is -2.38. The molecule has 3 heteroatoms. The second kappa shape index (κ2) is 4.13. The predicted octanol–water partition coefficient (Wildman–Crippen LogP) is 2.33. The summed E-state index contributed by atoms with van der Waals surface area (Å²) >= 11 is 0. The van der Waals surface area contributed by atoms with E-state index in [1.807, 2.05) is 13.1 Å². The fourth-order valence-corrected chi connectivity index (χ4v) is 2.36. The Morgan fingerprint density at radius 1 is 1.36 bits per heavy atom. The molecule has 0 spiro atoms. The van der Waals surface area contributed by atoms with Gasteiger partial charge in [-0.1, -0.05) is 25.7 Å². The zero-order chi connectivity index (χ0) is 10.8. The summed E-state index contributed by atoms with van der Waals surface area (Å²) in [6.45, 7) is 11.7. The van der Waals surface area contributed by atoms with Crippen LogP contribution in [0.4, 0.5) is 0 Å². The van der Waals surface area contributed by atoms with Crippen LogP contribution in [0.15, 0.2) is 12.3 Å². The summed E-state index contributed by atoms with van der Waals surface area (Å²) in [5.74, 6) is 0.773. The molecule has 1 aromatic rings. The lowest BCUT2D eigenvalue weighted by atomic mass is 10.3. The number of rotatable bonds is 3. The molecule has 0 unspecified atom stereocenters. The van der Waals surface area contributed by atoms with E-state index in [4.69, 9.17) is 4.74 Å². The molecule has 0 atom stereocenters. The summed E-state index contributed by atoms with van der Waals surface area (Å²) in [5.41, 5.74) is 1.15. The lowest BCUT2D eigenvalue weighted by Gasteiger charge is -2.17. The van der Waals surface area contributed by atoms with Gasteiger partial charge in [0.05, 0.1) is 14.7 Å². The van der Waals surface area contributed by atoms with Gasteiger partial charge in [0.25, 0.3) is 0 Å². The molecule has 0 aliphatic heterocycles. The Bertz CT molecular complexity index is 318. The highest BCUT2D eigenvalue weighted by Gasteiger charge is 2.17. The van der Waals surface area contributed by atoms with Crippen LogP contribution in [-0.2, 0) is 0 Å². The molecule has 0 fully saturated rings. The van der Waals surface area contributed by atoms with Gasteiger partial charge in [0.2, 0.25) is 5.88 Å². The zero-order valence-corrected chi connectivity index (χ0v) is 10.7. The first kappa shape index (κ1) is 11.2. The van der Waals surface area contributed by atoms with Gasteiger partial charge in [-0.25, -0.2) is 4.98 Å². The van der Waals surface area contributed by atoms with Crippen LogP contribution in [0.1, 0.15) is 12.5 Å². The van der Waals surface area contributed by atoms with Crippen molar-refractivity contribution in [1.29, 1.82) is 0 Å². The third-order valence-electron chi connectivity index (χ3n) is 2.18. The molecular formula is C11H19NOSi. The van der Waals surface area contributed by atoms with Crippen LogP contribution in [0, 0.1) is 6.92 Å². The standard InChI is InChI=1S/C11H19NOSi/c1-6-13-11-9(2)7-10(8-12-11)14(3,4)5/h7-8H,6H2,1-5H3. The van der Waals surface area contributed by atoms with Crippen LogP contribution in [0.25, 0.3) is 0 Å². The van der Waals surface area contributed by atoms with Gasteiger partial charge in [0.1, 0.15) is 0 Å². The van der Waals surface area contributed by atoms with Crippen molar-refractivity contribution in [2.75, 3.05) is 6.61 Å². The Morgan fingerprint density at radius 2 is 2.00 bits per heavy atom. The van der Waals surface area contributed by atoms with E-state index in [9.17, 15) is 0 Å². The second-order valence-electron chi connectivity index (χ2n) is 4.53. The number of ether oxygens (including phenoxy) is 1. The van der Waals surface area contributed by atoms with Crippen molar-refractivity contribution in [3.8, 4) is 5.88 Å². The molecule has 2 nitrogen and oxygen atoms in total. The fourth-order valence-electron chi connectivity index (χ4n) is 1.26.